The number of amides is 4. The van der Waals surface area contributed by atoms with Gasteiger partial charge in [-0.3, -0.25) is 9.59 Å². The molecule has 0 fully saturated rings. The first-order chi connectivity index (χ1) is 22.9. The average molecular weight is 670 g/mol. The topological polar surface area (TPSA) is 133 Å². The number of anilines is 2. The molecule has 0 aliphatic carbocycles. The van der Waals surface area contributed by atoms with Crippen LogP contribution in [0.1, 0.15) is 63.2 Å². The highest BCUT2D eigenvalue weighted by molar-refractivity contribution is 6.02. The van der Waals surface area contributed by atoms with Gasteiger partial charge in [0.15, 0.2) is 0 Å². The zero-order valence-corrected chi connectivity index (χ0v) is 29.7. The maximum atomic E-state index is 14.3. The van der Waals surface area contributed by atoms with Gasteiger partial charge in [0.1, 0.15) is 11.5 Å². The van der Waals surface area contributed by atoms with E-state index in [0.717, 1.165) is 32.2 Å². The van der Waals surface area contributed by atoms with E-state index in [1.54, 1.807) is 73.3 Å². The molecule has 12 nitrogen and oxygen atoms in total. The van der Waals surface area contributed by atoms with E-state index in [0.29, 0.717) is 42.4 Å². The minimum Gasteiger partial charge on any atom is -0.497 e. The van der Waals surface area contributed by atoms with Crippen LogP contribution in [-0.2, 0) is 9.53 Å². The number of urea groups is 1. The monoisotopic (exact) mass is 669 g/mol. The standard InChI is InChI=1S/C36H55N5O7/c1-25-22-41(26(2)24-42)35(44)31-21-29(38-36(45)37-28-13-16-30(46-7)17-14-28)15-18-32(31)48-27(3)11-8-9-20-47-33(25)23-40(6)34(43)12-10-19-39(4)5/h13-18,21,25-27,33,42H,8-12,19-20,22-24H2,1-7H3,(H2,37,38,45)/t25-,26+,27+,33-/m0/s1. The van der Waals surface area contributed by atoms with Crippen LogP contribution in [-0.4, -0.2) is 117 Å². The van der Waals surface area contributed by atoms with Gasteiger partial charge in [0.2, 0.25) is 5.91 Å². The SMILES string of the molecule is COc1ccc(NC(=O)Nc2ccc3c(c2)C(=O)N([C@H](C)CO)C[C@H](C)[C@H](CN(C)C(=O)CCCN(C)C)OCCCC[C@@H](C)O3)cc1. The first kappa shape index (κ1) is 38.6. The fraction of sp³-hybridized carbons (Fsp3) is 0.583. The Hall–Kier alpha value is -3.87. The summed E-state index contributed by atoms with van der Waals surface area (Å²) >= 11 is 0. The second kappa shape index (κ2) is 19.2. The molecule has 0 bridgehead atoms. The molecule has 1 aliphatic heterocycles. The Balaban J connectivity index is 1.86. The van der Waals surface area contributed by atoms with Crippen LogP contribution in [0.25, 0.3) is 0 Å². The Morgan fingerprint density at radius 2 is 1.75 bits per heavy atom. The summed E-state index contributed by atoms with van der Waals surface area (Å²) in [5.74, 6) is 0.630. The van der Waals surface area contributed by atoms with Crippen molar-refractivity contribution in [3.63, 3.8) is 0 Å². The fourth-order valence-electron chi connectivity index (χ4n) is 5.54. The van der Waals surface area contributed by atoms with Gasteiger partial charge in [0, 0.05) is 50.5 Å². The van der Waals surface area contributed by atoms with Crippen LogP contribution < -0.4 is 20.1 Å². The molecule has 48 heavy (non-hydrogen) atoms. The number of aliphatic hydroxyl groups excluding tert-OH is 1. The number of nitrogens with zero attached hydrogens (tertiary/aromatic N) is 3. The van der Waals surface area contributed by atoms with Gasteiger partial charge in [0.05, 0.1) is 37.5 Å². The fourth-order valence-corrected chi connectivity index (χ4v) is 5.54. The first-order valence-electron chi connectivity index (χ1n) is 16.9. The van der Waals surface area contributed by atoms with Crippen molar-refractivity contribution in [2.24, 2.45) is 5.92 Å². The Kier molecular flexibility index (Phi) is 15.4. The molecular weight excluding hydrogens is 614 g/mol. The lowest BCUT2D eigenvalue weighted by Gasteiger charge is -2.36. The summed E-state index contributed by atoms with van der Waals surface area (Å²) in [6.07, 6.45) is 3.16. The third-order valence-electron chi connectivity index (χ3n) is 8.53. The van der Waals surface area contributed by atoms with E-state index >= 15 is 0 Å². The lowest BCUT2D eigenvalue weighted by molar-refractivity contribution is -0.132. The molecule has 1 heterocycles. The van der Waals surface area contributed by atoms with Crippen LogP contribution in [0.15, 0.2) is 42.5 Å². The Morgan fingerprint density at radius 3 is 2.42 bits per heavy atom. The summed E-state index contributed by atoms with van der Waals surface area (Å²) in [5.41, 5.74) is 1.26. The van der Waals surface area contributed by atoms with Gasteiger partial charge in [0.25, 0.3) is 5.91 Å². The van der Waals surface area contributed by atoms with E-state index in [1.165, 1.54) is 0 Å². The number of benzene rings is 2. The summed E-state index contributed by atoms with van der Waals surface area (Å²) in [6.45, 7) is 7.54. The summed E-state index contributed by atoms with van der Waals surface area (Å²) in [7, 11) is 7.35. The molecule has 2 aromatic rings. The minimum absolute atomic E-state index is 0.0553. The molecule has 3 rings (SSSR count). The predicted octanol–water partition coefficient (Wildman–Crippen LogP) is 4.93. The molecule has 12 heteroatoms. The van der Waals surface area contributed by atoms with E-state index in [2.05, 4.69) is 15.5 Å². The molecule has 0 aromatic heterocycles. The molecule has 266 valence electrons. The van der Waals surface area contributed by atoms with Gasteiger partial charge in [-0.15, -0.1) is 0 Å². The quantitative estimate of drug-likeness (QED) is 0.307. The van der Waals surface area contributed by atoms with Crippen molar-refractivity contribution in [3.05, 3.63) is 48.0 Å². The van der Waals surface area contributed by atoms with Crippen LogP contribution >= 0.6 is 0 Å². The van der Waals surface area contributed by atoms with Gasteiger partial charge >= 0.3 is 6.03 Å². The average Bonchev–Trinajstić information content (AvgIpc) is 3.06. The van der Waals surface area contributed by atoms with Crippen LogP contribution in [0.2, 0.25) is 0 Å². The first-order valence-corrected chi connectivity index (χ1v) is 16.9. The van der Waals surface area contributed by atoms with Crippen LogP contribution in [0.5, 0.6) is 11.5 Å². The number of fused-ring (bicyclic) bond motifs is 1. The van der Waals surface area contributed by atoms with Gasteiger partial charge in [-0.2, -0.15) is 0 Å². The van der Waals surface area contributed by atoms with Crippen molar-refractivity contribution < 1.29 is 33.7 Å². The third kappa shape index (κ3) is 12.0. The number of aliphatic hydroxyl groups is 1. The number of rotatable bonds is 11. The second-order valence-corrected chi connectivity index (χ2v) is 13.0. The molecule has 0 saturated heterocycles. The molecule has 3 N–H and O–H groups in total. The van der Waals surface area contributed by atoms with Crippen molar-refractivity contribution in [1.82, 2.24) is 14.7 Å². The van der Waals surface area contributed by atoms with E-state index in [1.807, 2.05) is 27.9 Å². The van der Waals surface area contributed by atoms with Crippen LogP contribution in [0, 0.1) is 5.92 Å². The maximum absolute atomic E-state index is 14.3. The van der Waals surface area contributed by atoms with E-state index in [9.17, 15) is 19.5 Å². The number of ether oxygens (including phenoxy) is 3. The lowest BCUT2D eigenvalue weighted by atomic mass is 10.0. The summed E-state index contributed by atoms with van der Waals surface area (Å²) < 4.78 is 17.8. The number of carbonyl (C=O) groups excluding carboxylic acids is 3. The molecule has 0 spiro atoms. The Labute approximate surface area is 285 Å². The third-order valence-corrected chi connectivity index (χ3v) is 8.53. The van der Waals surface area contributed by atoms with E-state index in [4.69, 9.17) is 14.2 Å². The van der Waals surface area contributed by atoms with Crippen molar-refractivity contribution in [3.8, 4) is 11.5 Å². The molecule has 4 amide bonds. The van der Waals surface area contributed by atoms with Crippen molar-refractivity contribution >= 4 is 29.2 Å². The molecule has 2 aromatic carbocycles. The minimum atomic E-state index is -0.515. The maximum Gasteiger partial charge on any atom is 0.323 e. The van der Waals surface area contributed by atoms with Crippen molar-refractivity contribution in [1.29, 1.82) is 0 Å². The summed E-state index contributed by atoms with van der Waals surface area (Å²) in [5, 5.41) is 15.8. The van der Waals surface area contributed by atoms with Gasteiger partial charge in [-0.05, 0) is 103 Å². The number of likely N-dealkylation sites (N-methyl/N-ethyl adjacent to an activating group) is 1. The second-order valence-electron chi connectivity index (χ2n) is 13.0. The highest BCUT2D eigenvalue weighted by atomic mass is 16.5. The number of hydrogen-bond donors (Lipinski definition) is 3. The predicted molar refractivity (Wildman–Crippen MR) is 188 cm³/mol. The van der Waals surface area contributed by atoms with Gasteiger partial charge < -0.3 is 44.7 Å². The zero-order valence-electron chi connectivity index (χ0n) is 29.7. The van der Waals surface area contributed by atoms with E-state index < -0.39 is 12.1 Å². The van der Waals surface area contributed by atoms with Crippen molar-refractivity contribution in [2.45, 2.75) is 71.1 Å². The molecule has 0 saturated carbocycles. The number of hydrogen-bond acceptors (Lipinski definition) is 8. The Morgan fingerprint density at radius 1 is 1.06 bits per heavy atom. The normalized spacial score (nSPS) is 19.8. The number of carbonyl (C=O) groups is 3. The smallest absolute Gasteiger partial charge is 0.323 e. The lowest BCUT2D eigenvalue weighted by Crippen LogP contribution is -2.48. The summed E-state index contributed by atoms with van der Waals surface area (Å²) in [6, 6.07) is 11.0. The molecule has 0 unspecified atom stereocenters. The highest BCUT2D eigenvalue weighted by Crippen LogP contribution is 2.29. The van der Waals surface area contributed by atoms with Crippen molar-refractivity contribution in [2.75, 3.05) is 71.7 Å². The molecule has 1 aliphatic rings. The zero-order chi connectivity index (χ0) is 35.2. The van der Waals surface area contributed by atoms with Crippen LogP contribution in [0.3, 0.4) is 0 Å². The Bertz CT molecular complexity index is 1320. The molecule has 0 radical (unpaired) electrons. The van der Waals surface area contributed by atoms with Crippen LogP contribution in [0.4, 0.5) is 16.2 Å². The molecule has 4 atom stereocenters. The highest BCUT2D eigenvalue weighted by Gasteiger charge is 2.31. The van der Waals surface area contributed by atoms with Gasteiger partial charge in [-0.1, -0.05) is 6.92 Å². The largest absolute Gasteiger partial charge is 0.497 e. The summed E-state index contributed by atoms with van der Waals surface area (Å²) in [4.78, 5) is 45.6. The molecular formula is C36H55N5O7. The number of nitrogens with one attached hydrogen (secondary N) is 2. The van der Waals surface area contributed by atoms with E-state index in [-0.39, 0.29) is 48.7 Å². The van der Waals surface area contributed by atoms with Gasteiger partial charge in [-0.25, -0.2) is 4.79 Å². The number of methoxy groups -OCH3 is 1.